The van der Waals surface area contributed by atoms with Gasteiger partial charge in [0.15, 0.2) is 4.34 Å². The van der Waals surface area contributed by atoms with Gasteiger partial charge >= 0.3 is 5.97 Å². The SMILES string of the molecule is O=C(Nc1nnc(SCc2cc(=O)c(OC(=O)c3cccc4ccccc34)co2)s1)c1cccs1. The molecule has 0 aliphatic carbocycles. The van der Waals surface area contributed by atoms with Crippen LogP contribution >= 0.6 is 34.4 Å². The number of nitrogens with one attached hydrogen (secondary N) is 1. The fraction of sp³-hybridized carbons (Fsp3) is 0.0417. The summed E-state index contributed by atoms with van der Waals surface area (Å²) in [4.78, 5) is 37.9. The molecule has 0 unspecified atom stereocenters. The van der Waals surface area contributed by atoms with E-state index in [2.05, 4.69) is 15.5 Å². The lowest BCUT2D eigenvalue weighted by Gasteiger charge is -2.07. The predicted molar refractivity (Wildman–Crippen MR) is 136 cm³/mol. The third-order valence-electron chi connectivity index (χ3n) is 4.77. The van der Waals surface area contributed by atoms with Crippen molar-refractivity contribution < 1.29 is 18.7 Å². The van der Waals surface area contributed by atoms with Crippen molar-refractivity contribution in [3.8, 4) is 5.75 Å². The van der Waals surface area contributed by atoms with E-state index in [9.17, 15) is 14.4 Å². The Balaban J connectivity index is 1.21. The molecule has 0 fully saturated rings. The van der Waals surface area contributed by atoms with E-state index >= 15 is 0 Å². The maximum absolute atomic E-state index is 12.7. The zero-order chi connectivity index (χ0) is 24.2. The van der Waals surface area contributed by atoms with Crippen LogP contribution in [0.15, 0.2) is 85.9 Å². The first-order valence-corrected chi connectivity index (χ1v) is 12.9. The van der Waals surface area contributed by atoms with Gasteiger partial charge in [-0.15, -0.1) is 21.5 Å². The van der Waals surface area contributed by atoms with Gasteiger partial charge in [-0.3, -0.25) is 14.9 Å². The lowest BCUT2D eigenvalue weighted by molar-refractivity contribution is 0.0730. The molecule has 11 heteroatoms. The molecule has 3 heterocycles. The largest absolute Gasteiger partial charge is 0.464 e. The molecule has 174 valence electrons. The van der Waals surface area contributed by atoms with Gasteiger partial charge in [-0.25, -0.2) is 4.79 Å². The summed E-state index contributed by atoms with van der Waals surface area (Å²) in [7, 11) is 0. The zero-order valence-corrected chi connectivity index (χ0v) is 20.2. The summed E-state index contributed by atoms with van der Waals surface area (Å²) < 4.78 is 11.4. The Kier molecular flexibility index (Phi) is 6.70. The smallest absolute Gasteiger partial charge is 0.344 e. The number of rotatable bonds is 7. The molecule has 5 rings (SSSR count). The van der Waals surface area contributed by atoms with Crippen molar-refractivity contribution in [3.05, 3.63) is 98.7 Å². The van der Waals surface area contributed by atoms with Crippen molar-refractivity contribution in [2.45, 2.75) is 10.1 Å². The molecule has 0 aliphatic rings. The van der Waals surface area contributed by atoms with Gasteiger partial charge in [-0.05, 0) is 28.3 Å². The Morgan fingerprint density at radius 2 is 1.91 bits per heavy atom. The van der Waals surface area contributed by atoms with Gasteiger partial charge in [0.05, 0.1) is 16.2 Å². The molecule has 0 radical (unpaired) electrons. The van der Waals surface area contributed by atoms with Crippen LogP contribution in [0.4, 0.5) is 5.13 Å². The van der Waals surface area contributed by atoms with Crippen LogP contribution in [0, 0.1) is 0 Å². The highest BCUT2D eigenvalue weighted by Gasteiger charge is 2.16. The Labute approximate surface area is 210 Å². The molecular weight excluding hydrogens is 506 g/mol. The molecule has 8 nitrogen and oxygen atoms in total. The average Bonchev–Trinajstić information content (AvgIpc) is 3.56. The van der Waals surface area contributed by atoms with Gasteiger partial charge in [-0.2, -0.15) is 0 Å². The number of nitrogens with zero attached hydrogens (tertiary/aromatic N) is 2. The first-order chi connectivity index (χ1) is 17.1. The summed E-state index contributed by atoms with van der Waals surface area (Å²) in [6.45, 7) is 0. The van der Waals surface area contributed by atoms with Crippen LogP contribution in [0.2, 0.25) is 0 Å². The van der Waals surface area contributed by atoms with Crippen LogP contribution in [0.1, 0.15) is 25.8 Å². The van der Waals surface area contributed by atoms with E-state index < -0.39 is 11.4 Å². The van der Waals surface area contributed by atoms with E-state index in [4.69, 9.17) is 9.15 Å². The van der Waals surface area contributed by atoms with Crippen molar-refractivity contribution in [1.82, 2.24) is 10.2 Å². The second-order valence-electron chi connectivity index (χ2n) is 7.08. The minimum absolute atomic E-state index is 0.189. The molecule has 0 spiro atoms. The number of carbonyl (C=O) groups is 2. The fourth-order valence-corrected chi connectivity index (χ4v) is 5.42. The van der Waals surface area contributed by atoms with Gasteiger partial charge in [0.1, 0.15) is 12.0 Å². The lowest BCUT2D eigenvalue weighted by Crippen LogP contribution is -2.15. The van der Waals surface area contributed by atoms with Gasteiger partial charge in [-0.1, -0.05) is 65.6 Å². The topological polar surface area (TPSA) is 111 Å². The molecular formula is C24H15N3O5S3. The number of hydrogen-bond donors (Lipinski definition) is 1. The van der Waals surface area contributed by atoms with Gasteiger partial charge < -0.3 is 9.15 Å². The molecule has 0 saturated heterocycles. The maximum Gasteiger partial charge on any atom is 0.344 e. The summed E-state index contributed by atoms with van der Waals surface area (Å²) in [5.74, 6) is -0.384. The maximum atomic E-state index is 12.7. The molecule has 2 aromatic carbocycles. The normalized spacial score (nSPS) is 10.9. The number of amides is 1. The summed E-state index contributed by atoms with van der Waals surface area (Å²) in [5, 5.41) is 14.5. The van der Waals surface area contributed by atoms with Crippen LogP contribution in [-0.4, -0.2) is 22.1 Å². The van der Waals surface area contributed by atoms with Crippen LogP contribution in [-0.2, 0) is 5.75 Å². The van der Waals surface area contributed by atoms with E-state index in [0.717, 1.165) is 17.0 Å². The molecule has 35 heavy (non-hydrogen) atoms. The molecule has 1 N–H and O–H groups in total. The number of aromatic nitrogens is 2. The van der Waals surface area contributed by atoms with E-state index in [0.29, 0.717) is 31.4 Å². The van der Waals surface area contributed by atoms with E-state index in [1.54, 1.807) is 24.3 Å². The van der Waals surface area contributed by atoms with E-state index in [1.807, 2.05) is 35.7 Å². The first-order valence-electron chi connectivity index (χ1n) is 10.2. The lowest BCUT2D eigenvalue weighted by atomic mass is 10.1. The van der Waals surface area contributed by atoms with Gasteiger partial charge in [0.25, 0.3) is 5.91 Å². The average molecular weight is 522 g/mol. The summed E-state index contributed by atoms with van der Waals surface area (Å²) >= 11 is 3.85. The summed E-state index contributed by atoms with van der Waals surface area (Å²) in [5.41, 5.74) is -0.109. The standard InChI is InChI=1S/C24H15N3O5S3/c28-18-11-15(13-34-24-27-26-23(35-24)25-21(29)20-9-4-10-33-20)31-12-19(18)32-22(30)17-8-3-6-14-5-1-2-7-16(14)17/h1-12H,13H2,(H,25,26,29). The van der Waals surface area contributed by atoms with Gasteiger partial charge in [0, 0.05) is 6.07 Å². The van der Waals surface area contributed by atoms with Crippen LogP contribution in [0.25, 0.3) is 10.8 Å². The summed E-state index contributed by atoms with van der Waals surface area (Å²) in [6.07, 6.45) is 1.13. The van der Waals surface area contributed by atoms with Crippen LogP contribution in [0.5, 0.6) is 5.75 Å². The molecule has 0 saturated carbocycles. The summed E-state index contributed by atoms with van der Waals surface area (Å²) in [6, 6.07) is 17.5. The van der Waals surface area contributed by atoms with Gasteiger partial charge in [0.2, 0.25) is 16.3 Å². The van der Waals surface area contributed by atoms with Crippen molar-refractivity contribution in [2.24, 2.45) is 0 Å². The number of hydrogen-bond acceptors (Lipinski definition) is 10. The minimum atomic E-state index is -0.637. The number of benzene rings is 2. The molecule has 5 aromatic rings. The van der Waals surface area contributed by atoms with Crippen molar-refractivity contribution >= 4 is 62.2 Å². The predicted octanol–water partition coefficient (Wildman–Crippen LogP) is 5.47. The quantitative estimate of drug-likeness (QED) is 0.170. The highest BCUT2D eigenvalue weighted by molar-refractivity contribution is 8.00. The first kappa shape index (κ1) is 23.0. The molecule has 3 aromatic heterocycles. The van der Waals surface area contributed by atoms with Crippen molar-refractivity contribution in [3.63, 3.8) is 0 Å². The Bertz CT molecular complexity index is 1570. The molecule has 0 atom stereocenters. The van der Waals surface area contributed by atoms with Crippen molar-refractivity contribution in [2.75, 3.05) is 5.32 Å². The third-order valence-corrected chi connectivity index (χ3v) is 7.64. The second kappa shape index (κ2) is 10.2. The number of esters is 1. The highest BCUT2D eigenvalue weighted by Crippen LogP contribution is 2.29. The fourth-order valence-electron chi connectivity index (χ4n) is 3.16. The number of ether oxygens (including phenoxy) is 1. The monoisotopic (exact) mass is 521 g/mol. The molecule has 0 bridgehead atoms. The Morgan fingerprint density at radius 1 is 1.06 bits per heavy atom. The third kappa shape index (κ3) is 5.32. The second-order valence-corrected chi connectivity index (χ2v) is 10.2. The van der Waals surface area contributed by atoms with E-state index in [1.165, 1.54) is 40.5 Å². The highest BCUT2D eigenvalue weighted by atomic mass is 32.2. The van der Waals surface area contributed by atoms with E-state index in [-0.39, 0.29) is 11.7 Å². The zero-order valence-electron chi connectivity index (χ0n) is 17.8. The Hall–Kier alpha value is -3.80. The minimum Gasteiger partial charge on any atom is -0.464 e. The Morgan fingerprint density at radius 3 is 2.74 bits per heavy atom. The number of thioether (sulfide) groups is 1. The number of carbonyl (C=O) groups excluding carboxylic acids is 2. The van der Waals surface area contributed by atoms with Crippen LogP contribution in [0.3, 0.4) is 0 Å². The molecule has 0 aliphatic heterocycles. The molecule has 1 amide bonds. The van der Waals surface area contributed by atoms with Crippen molar-refractivity contribution in [1.29, 1.82) is 0 Å². The van der Waals surface area contributed by atoms with Crippen LogP contribution < -0.4 is 15.5 Å². The number of thiophene rings is 1. The number of anilines is 1. The number of fused-ring (bicyclic) bond motifs is 1.